The second-order valence-corrected chi connectivity index (χ2v) is 6.52. The van der Waals surface area contributed by atoms with Gasteiger partial charge in [0, 0.05) is 35.4 Å². The molecule has 2 unspecified atom stereocenters. The van der Waals surface area contributed by atoms with E-state index in [0.717, 1.165) is 30.1 Å². The van der Waals surface area contributed by atoms with E-state index in [0.29, 0.717) is 0 Å². The lowest BCUT2D eigenvalue weighted by Gasteiger charge is -2.40. The number of benzene rings is 1. The summed E-state index contributed by atoms with van der Waals surface area (Å²) in [5, 5.41) is 4.34. The minimum absolute atomic E-state index is 0.752. The Labute approximate surface area is 127 Å². The topological polar surface area (TPSA) is 15.3 Å². The van der Waals surface area contributed by atoms with Crippen LogP contribution in [0.4, 0.5) is 5.69 Å². The Kier molecular flexibility index (Phi) is 4.52. The van der Waals surface area contributed by atoms with Gasteiger partial charge >= 0.3 is 0 Å². The number of piperidine rings is 1. The van der Waals surface area contributed by atoms with Gasteiger partial charge in [0.1, 0.15) is 0 Å². The van der Waals surface area contributed by atoms with Crippen molar-refractivity contribution < 1.29 is 0 Å². The summed E-state index contributed by atoms with van der Waals surface area (Å²) in [6.45, 7) is 5.20. The number of hydrogen-bond acceptors (Lipinski definition) is 2. The average Bonchev–Trinajstić information content (AvgIpc) is 2.94. The van der Waals surface area contributed by atoms with Gasteiger partial charge in [0.15, 0.2) is 0 Å². The fourth-order valence-corrected chi connectivity index (χ4v) is 4.23. The van der Waals surface area contributed by atoms with E-state index in [4.69, 9.17) is 11.6 Å². The van der Waals surface area contributed by atoms with Gasteiger partial charge in [0.2, 0.25) is 0 Å². The fraction of sp³-hybridized carbons (Fsp3) is 0.647. The fourth-order valence-electron chi connectivity index (χ4n) is 3.99. The first-order chi connectivity index (χ1) is 9.81. The third-order valence-corrected chi connectivity index (χ3v) is 5.30. The molecule has 3 rings (SSSR count). The van der Waals surface area contributed by atoms with Gasteiger partial charge in [-0.05, 0) is 50.3 Å². The van der Waals surface area contributed by atoms with Gasteiger partial charge in [-0.15, -0.1) is 0 Å². The minimum atomic E-state index is 0.752. The maximum Gasteiger partial charge on any atom is 0.0471 e. The van der Waals surface area contributed by atoms with Crippen LogP contribution in [0.1, 0.15) is 44.6 Å². The summed E-state index contributed by atoms with van der Waals surface area (Å²) in [5.74, 6) is 0.912. The zero-order valence-corrected chi connectivity index (χ0v) is 13.1. The monoisotopic (exact) mass is 292 g/mol. The molecule has 2 aliphatic rings. The summed E-state index contributed by atoms with van der Waals surface area (Å²) in [5.41, 5.74) is 2.65. The van der Waals surface area contributed by atoms with Gasteiger partial charge in [-0.25, -0.2) is 0 Å². The van der Waals surface area contributed by atoms with E-state index in [-0.39, 0.29) is 0 Å². The first-order valence-electron chi connectivity index (χ1n) is 8.06. The molecule has 0 spiro atoms. The highest BCUT2D eigenvalue weighted by atomic mass is 35.5. The smallest absolute Gasteiger partial charge is 0.0471 e. The number of nitrogens with one attached hydrogen (secondary N) is 1. The summed E-state index contributed by atoms with van der Waals surface area (Å²) in [4.78, 5) is 2.65. The normalized spacial score (nSPS) is 25.8. The summed E-state index contributed by atoms with van der Waals surface area (Å²) in [6, 6.07) is 7.14. The van der Waals surface area contributed by atoms with E-state index < -0.39 is 0 Å². The van der Waals surface area contributed by atoms with Crippen molar-refractivity contribution in [1.82, 2.24) is 5.32 Å². The van der Waals surface area contributed by atoms with Crippen molar-refractivity contribution in [3.63, 3.8) is 0 Å². The van der Waals surface area contributed by atoms with Crippen LogP contribution >= 0.6 is 11.6 Å². The van der Waals surface area contributed by atoms with Crippen LogP contribution in [-0.2, 0) is 6.54 Å². The summed E-state index contributed by atoms with van der Waals surface area (Å²) >= 11 is 6.46. The quantitative estimate of drug-likeness (QED) is 0.894. The SMILES string of the molecule is CCNCc1c(Cl)cccc1N1CCCC2CCCC21. The summed E-state index contributed by atoms with van der Waals surface area (Å²) in [6.07, 6.45) is 6.93. The molecule has 3 heteroatoms. The highest BCUT2D eigenvalue weighted by molar-refractivity contribution is 6.31. The van der Waals surface area contributed by atoms with Crippen molar-refractivity contribution in [2.75, 3.05) is 18.0 Å². The molecular formula is C17H25ClN2. The molecule has 2 nitrogen and oxygen atoms in total. The van der Waals surface area contributed by atoms with Crippen LogP contribution in [-0.4, -0.2) is 19.1 Å². The number of nitrogens with zero attached hydrogens (tertiary/aromatic N) is 1. The first-order valence-corrected chi connectivity index (χ1v) is 8.43. The Bertz CT molecular complexity index is 460. The molecule has 1 heterocycles. The van der Waals surface area contributed by atoms with E-state index in [9.17, 15) is 0 Å². The number of halogens is 1. The second-order valence-electron chi connectivity index (χ2n) is 6.11. The molecule has 1 aromatic carbocycles. The Morgan fingerprint density at radius 1 is 1.25 bits per heavy atom. The Hall–Kier alpha value is -0.730. The van der Waals surface area contributed by atoms with E-state index in [1.165, 1.54) is 49.9 Å². The molecule has 20 heavy (non-hydrogen) atoms. The molecule has 1 saturated heterocycles. The number of fused-ring (bicyclic) bond motifs is 1. The standard InChI is InChI=1S/C17H25ClN2/c1-2-19-12-14-15(18)8-4-10-17(14)20-11-5-7-13-6-3-9-16(13)20/h4,8,10,13,16,19H,2-3,5-7,9,11-12H2,1H3. The predicted molar refractivity (Wildman–Crippen MR) is 86.5 cm³/mol. The van der Waals surface area contributed by atoms with E-state index in [1.54, 1.807) is 0 Å². The molecule has 1 saturated carbocycles. The number of anilines is 1. The van der Waals surface area contributed by atoms with Crippen LogP contribution in [0, 0.1) is 5.92 Å². The molecule has 2 atom stereocenters. The van der Waals surface area contributed by atoms with Gasteiger partial charge in [0.05, 0.1) is 0 Å². The largest absolute Gasteiger partial charge is 0.368 e. The van der Waals surface area contributed by atoms with Crippen LogP contribution < -0.4 is 10.2 Å². The zero-order valence-electron chi connectivity index (χ0n) is 12.4. The molecular weight excluding hydrogens is 268 g/mol. The highest BCUT2D eigenvalue weighted by Crippen LogP contribution is 2.41. The van der Waals surface area contributed by atoms with Gasteiger partial charge < -0.3 is 10.2 Å². The summed E-state index contributed by atoms with van der Waals surface area (Å²) in [7, 11) is 0. The van der Waals surface area contributed by atoms with E-state index in [1.807, 2.05) is 6.07 Å². The lowest BCUT2D eigenvalue weighted by Crippen LogP contribution is -2.43. The number of rotatable bonds is 4. The molecule has 0 radical (unpaired) electrons. The third-order valence-electron chi connectivity index (χ3n) is 4.95. The van der Waals surface area contributed by atoms with Crippen LogP contribution in [0.3, 0.4) is 0 Å². The minimum Gasteiger partial charge on any atom is -0.368 e. The Morgan fingerprint density at radius 3 is 2.95 bits per heavy atom. The van der Waals surface area contributed by atoms with Crippen molar-refractivity contribution in [2.24, 2.45) is 5.92 Å². The second kappa shape index (κ2) is 6.36. The molecule has 0 bridgehead atoms. The molecule has 1 N–H and O–H groups in total. The van der Waals surface area contributed by atoms with Gasteiger partial charge in [0.25, 0.3) is 0 Å². The molecule has 0 aromatic heterocycles. The van der Waals surface area contributed by atoms with Crippen LogP contribution in [0.2, 0.25) is 5.02 Å². The lowest BCUT2D eigenvalue weighted by molar-refractivity contribution is 0.362. The highest BCUT2D eigenvalue weighted by Gasteiger charge is 2.35. The maximum absolute atomic E-state index is 6.46. The van der Waals surface area contributed by atoms with Gasteiger partial charge in [-0.2, -0.15) is 0 Å². The van der Waals surface area contributed by atoms with Crippen molar-refractivity contribution in [2.45, 2.75) is 51.6 Å². The third kappa shape index (κ3) is 2.68. The number of hydrogen-bond donors (Lipinski definition) is 1. The predicted octanol–water partition coefficient (Wildman–Crippen LogP) is 4.22. The van der Waals surface area contributed by atoms with Gasteiger partial charge in [-0.1, -0.05) is 31.0 Å². The van der Waals surface area contributed by atoms with Crippen molar-refractivity contribution in [3.05, 3.63) is 28.8 Å². The molecule has 2 fully saturated rings. The zero-order chi connectivity index (χ0) is 13.9. The summed E-state index contributed by atoms with van der Waals surface area (Å²) < 4.78 is 0. The molecule has 0 amide bonds. The molecule has 1 aromatic rings. The van der Waals surface area contributed by atoms with Crippen LogP contribution in [0.15, 0.2) is 18.2 Å². The average molecular weight is 293 g/mol. The maximum atomic E-state index is 6.46. The lowest BCUT2D eigenvalue weighted by atomic mass is 9.91. The molecule has 1 aliphatic heterocycles. The molecule has 110 valence electrons. The van der Waals surface area contributed by atoms with Crippen molar-refractivity contribution >= 4 is 17.3 Å². The first kappa shape index (κ1) is 14.2. The molecule has 1 aliphatic carbocycles. The van der Waals surface area contributed by atoms with E-state index in [2.05, 4.69) is 29.3 Å². The van der Waals surface area contributed by atoms with Crippen molar-refractivity contribution in [3.8, 4) is 0 Å². The van der Waals surface area contributed by atoms with Gasteiger partial charge in [-0.3, -0.25) is 0 Å². The van der Waals surface area contributed by atoms with Crippen molar-refractivity contribution in [1.29, 1.82) is 0 Å². The van der Waals surface area contributed by atoms with Crippen LogP contribution in [0.5, 0.6) is 0 Å². The van der Waals surface area contributed by atoms with Crippen LogP contribution in [0.25, 0.3) is 0 Å². The van der Waals surface area contributed by atoms with E-state index >= 15 is 0 Å². The Morgan fingerprint density at radius 2 is 2.10 bits per heavy atom. The Balaban J connectivity index is 1.90.